The summed E-state index contributed by atoms with van der Waals surface area (Å²) in [5, 5.41) is 16.2. The van der Waals surface area contributed by atoms with Crippen molar-refractivity contribution in [3.05, 3.63) is 71.8 Å². The van der Waals surface area contributed by atoms with Crippen molar-refractivity contribution < 1.29 is 29.3 Å². The van der Waals surface area contributed by atoms with E-state index in [9.17, 15) is 14.4 Å². The van der Waals surface area contributed by atoms with Crippen LogP contribution in [-0.4, -0.2) is 44.3 Å². The lowest BCUT2D eigenvalue weighted by atomic mass is 10.2. The number of nitrogens with zero attached hydrogens (tertiary/aromatic N) is 2. The summed E-state index contributed by atoms with van der Waals surface area (Å²) in [5.41, 5.74) is 0.483. The smallest absolute Gasteiger partial charge is 0.338 e. The Hall–Kier alpha value is -3.39. The highest BCUT2D eigenvalue weighted by atomic mass is 35.5. The number of benzene rings is 1. The van der Waals surface area contributed by atoms with Gasteiger partial charge in [-0.1, -0.05) is 18.2 Å². The van der Waals surface area contributed by atoms with Crippen LogP contribution < -0.4 is 0 Å². The second-order valence-electron chi connectivity index (χ2n) is 4.84. The van der Waals surface area contributed by atoms with Crippen molar-refractivity contribution in [2.75, 3.05) is 6.61 Å². The molecule has 142 valence electrons. The van der Waals surface area contributed by atoms with Gasteiger partial charge < -0.3 is 19.5 Å². The molecule has 1 aromatic carbocycles. The Bertz CT molecular complexity index is 811. The normalized spacial score (nSPS) is 9.96. The SMILES string of the molecule is C=Cn1ccnc1CCOC(=O)c1ccc(Cl)cc1.O=C(O)/C=C\C(=O)O. The van der Waals surface area contributed by atoms with E-state index in [4.69, 9.17) is 26.6 Å². The van der Waals surface area contributed by atoms with Crippen LogP contribution in [-0.2, 0) is 20.7 Å². The van der Waals surface area contributed by atoms with Crippen LogP contribution in [0.4, 0.5) is 0 Å². The van der Waals surface area contributed by atoms with Crippen LogP contribution in [0.5, 0.6) is 0 Å². The number of esters is 1. The minimum Gasteiger partial charge on any atom is -0.478 e. The fourth-order valence-corrected chi connectivity index (χ4v) is 1.88. The first-order valence-electron chi connectivity index (χ1n) is 7.54. The van der Waals surface area contributed by atoms with Gasteiger partial charge in [0.2, 0.25) is 0 Å². The van der Waals surface area contributed by atoms with E-state index in [0.717, 1.165) is 5.82 Å². The number of carbonyl (C=O) groups excluding carboxylic acids is 1. The van der Waals surface area contributed by atoms with Crippen LogP contribution in [0.1, 0.15) is 16.2 Å². The highest BCUT2D eigenvalue weighted by Gasteiger charge is 2.07. The molecule has 8 nitrogen and oxygen atoms in total. The minimum absolute atomic E-state index is 0.270. The maximum atomic E-state index is 11.7. The number of halogens is 1. The quantitative estimate of drug-likeness (QED) is 0.549. The summed E-state index contributed by atoms with van der Waals surface area (Å²) >= 11 is 5.75. The van der Waals surface area contributed by atoms with E-state index in [1.807, 2.05) is 0 Å². The van der Waals surface area contributed by atoms with Crippen molar-refractivity contribution in [2.45, 2.75) is 6.42 Å². The molecule has 0 bridgehead atoms. The summed E-state index contributed by atoms with van der Waals surface area (Å²) in [4.78, 5) is 35.0. The lowest BCUT2D eigenvalue weighted by molar-refractivity contribution is -0.134. The Kier molecular flexibility index (Phi) is 9.04. The highest BCUT2D eigenvalue weighted by Crippen LogP contribution is 2.10. The third-order valence-corrected chi connectivity index (χ3v) is 3.20. The van der Waals surface area contributed by atoms with E-state index >= 15 is 0 Å². The van der Waals surface area contributed by atoms with E-state index < -0.39 is 11.9 Å². The van der Waals surface area contributed by atoms with Crippen molar-refractivity contribution in [1.29, 1.82) is 0 Å². The molecule has 0 aliphatic rings. The Morgan fingerprint density at radius 1 is 1.15 bits per heavy atom. The van der Waals surface area contributed by atoms with Gasteiger partial charge in [0.15, 0.2) is 0 Å². The zero-order valence-electron chi connectivity index (χ0n) is 14.1. The molecule has 0 atom stereocenters. The summed E-state index contributed by atoms with van der Waals surface area (Å²) < 4.78 is 6.96. The first-order valence-corrected chi connectivity index (χ1v) is 7.92. The van der Waals surface area contributed by atoms with Gasteiger partial charge in [-0.05, 0) is 24.3 Å². The van der Waals surface area contributed by atoms with Gasteiger partial charge in [-0.3, -0.25) is 0 Å². The molecule has 0 aliphatic heterocycles. The van der Waals surface area contributed by atoms with Gasteiger partial charge >= 0.3 is 17.9 Å². The van der Waals surface area contributed by atoms with Gasteiger partial charge in [-0.2, -0.15) is 0 Å². The van der Waals surface area contributed by atoms with Crippen molar-refractivity contribution >= 4 is 35.7 Å². The second kappa shape index (κ2) is 11.3. The molecule has 0 fully saturated rings. The summed E-state index contributed by atoms with van der Waals surface area (Å²) in [5.74, 6) is -2.08. The second-order valence-corrected chi connectivity index (χ2v) is 5.27. The number of aliphatic carboxylic acids is 2. The largest absolute Gasteiger partial charge is 0.478 e. The summed E-state index contributed by atoms with van der Waals surface area (Å²) in [6.07, 6.45) is 6.79. The Labute approximate surface area is 160 Å². The molecule has 1 heterocycles. The number of carbonyl (C=O) groups is 3. The molecule has 2 N–H and O–H groups in total. The number of rotatable bonds is 7. The van der Waals surface area contributed by atoms with Crippen molar-refractivity contribution in [1.82, 2.24) is 9.55 Å². The Balaban J connectivity index is 0.000000387. The fraction of sp³-hybridized carbons (Fsp3) is 0.111. The molecule has 2 aromatic rings. The molecule has 27 heavy (non-hydrogen) atoms. The zero-order chi connectivity index (χ0) is 20.2. The number of aromatic nitrogens is 2. The van der Waals surface area contributed by atoms with Crippen LogP contribution in [0, 0.1) is 0 Å². The molecule has 1 aromatic heterocycles. The van der Waals surface area contributed by atoms with Crippen molar-refractivity contribution in [3.8, 4) is 0 Å². The summed E-state index contributed by atoms with van der Waals surface area (Å²) in [6.45, 7) is 3.94. The lowest BCUT2D eigenvalue weighted by Gasteiger charge is -2.05. The molecule has 0 unspecified atom stereocenters. The lowest BCUT2D eigenvalue weighted by Crippen LogP contribution is -2.09. The first-order chi connectivity index (χ1) is 12.8. The molecule has 0 aliphatic carbocycles. The molecule has 0 saturated carbocycles. The van der Waals surface area contributed by atoms with Crippen LogP contribution in [0.15, 0.2) is 55.4 Å². The Morgan fingerprint density at radius 3 is 2.26 bits per heavy atom. The molecule has 0 saturated heterocycles. The molecule has 9 heteroatoms. The van der Waals surface area contributed by atoms with Gasteiger partial charge in [0.25, 0.3) is 0 Å². The van der Waals surface area contributed by atoms with Crippen LogP contribution >= 0.6 is 11.6 Å². The first kappa shape index (κ1) is 21.7. The highest BCUT2D eigenvalue weighted by molar-refractivity contribution is 6.30. The average molecular weight is 393 g/mol. The molecule has 2 rings (SSSR count). The standard InChI is InChI=1S/C14H13ClN2O2.C4H4O4/c1-2-17-9-8-16-13(17)7-10-19-14(18)11-3-5-12(15)6-4-11;5-3(6)1-2-4(7)8/h2-6,8-9H,1,7,10H2;1-2H,(H,5,6)(H,7,8)/b;2-1-. The topological polar surface area (TPSA) is 119 Å². The molecule has 0 amide bonds. The molecule has 0 radical (unpaired) electrons. The molecule has 0 spiro atoms. The summed E-state index contributed by atoms with van der Waals surface area (Å²) in [6, 6.07) is 6.58. The predicted molar refractivity (Wildman–Crippen MR) is 98.5 cm³/mol. The minimum atomic E-state index is -1.26. The third-order valence-electron chi connectivity index (χ3n) is 2.95. The monoisotopic (exact) mass is 392 g/mol. The Morgan fingerprint density at radius 2 is 1.74 bits per heavy atom. The van der Waals surface area contributed by atoms with Gasteiger partial charge in [0.05, 0.1) is 12.2 Å². The van der Waals surface area contributed by atoms with Gasteiger partial charge in [-0.15, -0.1) is 0 Å². The molecular formula is C18H17ClN2O6. The summed E-state index contributed by atoms with van der Waals surface area (Å²) in [7, 11) is 0. The zero-order valence-corrected chi connectivity index (χ0v) is 14.9. The van der Waals surface area contributed by atoms with E-state index in [0.29, 0.717) is 29.2 Å². The third kappa shape index (κ3) is 8.50. The van der Waals surface area contributed by atoms with Crippen LogP contribution in [0.3, 0.4) is 0 Å². The van der Waals surface area contributed by atoms with Crippen molar-refractivity contribution in [3.63, 3.8) is 0 Å². The van der Waals surface area contributed by atoms with E-state index in [2.05, 4.69) is 11.6 Å². The van der Waals surface area contributed by atoms with Crippen LogP contribution in [0.2, 0.25) is 5.02 Å². The fourth-order valence-electron chi connectivity index (χ4n) is 1.75. The average Bonchev–Trinajstić information content (AvgIpc) is 3.08. The van der Waals surface area contributed by atoms with Crippen LogP contribution in [0.25, 0.3) is 6.20 Å². The van der Waals surface area contributed by atoms with Crippen molar-refractivity contribution in [2.24, 2.45) is 0 Å². The van der Waals surface area contributed by atoms with Gasteiger partial charge in [0.1, 0.15) is 5.82 Å². The number of hydrogen-bond donors (Lipinski definition) is 2. The van der Waals surface area contributed by atoms with Gasteiger partial charge in [-0.25, -0.2) is 19.4 Å². The van der Waals surface area contributed by atoms with E-state index in [-0.39, 0.29) is 12.6 Å². The molecular weight excluding hydrogens is 376 g/mol. The number of imidazole rings is 1. The maximum absolute atomic E-state index is 11.7. The van der Waals surface area contributed by atoms with Gasteiger partial charge in [0, 0.05) is 42.2 Å². The number of hydrogen-bond acceptors (Lipinski definition) is 5. The number of carboxylic acids is 2. The van der Waals surface area contributed by atoms with E-state index in [1.54, 1.807) is 47.4 Å². The number of ether oxygens (including phenoxy) is 1. The maximum Gasteiger partial charge on any atom is 0.338 e. The van der Waals surface area contributed by atoms with E-state index in [1.165, 1.54) is 0 Å². The number of carboxylic acid groups (broad SMARTS) is 2. The predicted octanol–water partition coefficient (Wildman–Crippen LogP) is 2.75.